The molecule has 1 amide bonds. The molecular formula is C26H19F2N5O2. The van der Waals surface area contributed by atoms with Crippen LogP contribution in [0.5, 0.6) is 0 Å². The fourth-order valence-corrected chi connectivity index (χ4v) is 4.16. The quantitative estimate of drug-likeness (QED) is 0.343. The van der Waals surface area contributed by atoms with E-state index in [1.54, 1.807) is 6.07 Å². The number of aryl methyl sites for hydroxylation is 2. The van der Waals surface area contributed by atoms with Crippen LogP contribution in [0.4, 0.5) is 14.5 Å². The molecule has 0 unspecified atom stereocenters. The fraction of sp³-hybridized carbons (Fsp3) is 0.154. The minimum atomic E-state index is -0.535. The zero-order valence-corrected chi connectivity index (χ0v) is 18.5. The van der Waals surface area contributed by atoms with Gasteiger partial charge in [0.2, 0.25) is 17.7 Å². The second-order valence-electron chi connectivity index (χ2n) is 7.94. The monoisotopic (exact) mass is 471 g/mol. The van der Waals surface area contributed by atoms with Crippen molar-refractivity contribution in [3.63, 3.8) is 0 Å². The molecule has 0 saturated heterocycles. The van der Waals surface area contributed by atoms with Crippen LogP contribution in [-0.4, -0.2) is 27.3 Å². The summed E-state index contributed by atoms with van der Waals surface area (Å²) in [5.41, 5.74) is 2.88. The molecule has 2 heterocycles. The fourth-order valence-electron chi connectivity index (χ4n) is 4.16. The van der Waals surface area contributed by atoms with Crippen molar-refractivity contribution >= 4 is 33.4 Å². The number of hydrogen-bond donors (Lipinski definition) is 1. The van der Waals surface area contributed by atoms with Crippen LogP contribution in [0.1, 0.15) is 17.9 Å². The van der Waals surface area contributed by atoms with Crippen molar-refractivity contribution in [1.29, 1.82) is 5.26 Å². The van der Waals surface area contributed by atoms with E-state index in [0.29, 0.717) is 11.3 Å². The smallest absolute Gasteiger partial charge is 0.249 e. The zero-order chi connectivity index (χ0) is 24.4. The first kappa shape index (κ1) is 22.2. The Morgan fingerprint density at radius 1 is 1.06 bits per heavy atom. The van der Waals surface area contributed by atoms with E-state index >= 15 is 0 Å². The van der Waals surface area contributed by atoms with Crippen molar-refractivity contribution in [2.45, 2.75) is 19.4 Å². The maximum Gasteiger partial charge on any atom is 0.249 e. The third-order valence-electron chi connectivity index (χ3n) is 5.73. The number of anilines is 1. The highest BCUT2D eigenvalue weighted by atomic mass is 19.1. The molecule has 7 nitrogen and oxygen atoms in total. The molecule has 0 spiro atoms. The SMILES string of the molecule is N#Cc1cc(F)ccc1-c1nnc(CCC(=O)Nc2ccc3c(c2)c2ccccc2n3CCF)o1. The Hall–Kier alpha value is -4.58. The first-order valence-corrected chi connectivity index (χ1v) is 11.0. The van der Waals surface area contributed by atoms with Crippen molar-refractivity contribution in [3.05, 3.63) is 77.9 Å². The van der Waals surface area contributed by atoms with Crippen LogP contribution in [0.25, 0.3) is 33.3 Å². The number of amides is 1. The third kappa shape index (κ3) is 4.34. The van der Waals surface area contributed by atoms with Crippen LogP contribution in [0.2, 0.25) is 0 Å². The number of hydrogen-bond acceptors (Lipinski definition) is 5. The number of aromatic nitrogens is 3. The number of fused-ring (bicyclic) bond motifs is 3. The van der Waals surface area contributed by atoms with Gasteiger partial charge in [-0.15, -0.1) is 10.2 Å². The van der Waals surface area contributed by atoms with Crippen molar-refractivity contribution in [2.24, 2.45) is 0 Å². The number of halogens is 2. The molecule has 35 heavy (non-hydrogen) atoms. The van der Waals surface area contributed by atoms with Gasteiger partial charge in [-0.3, -0.25) is 4.79 Å². The molecule has 1 N–H and O–H groups in total. The topological polar surface area (TPSA) is 96.7 Å². The Labute approximate surface area is 198 Å². The molecule has 0 aliphatic carbocycles. The van der Waals surface area contributed by atoms with Crippen molar-refractivity contribution in [1.82, 2.24) is 14.8 Å². The van der Waals surface area contributed by atoms with Gasteiger partial charge in [0.25, 0.3) is 0 Å². The molecule has 0 saturated carbocycles. The van der Waals surface area contributed by atoms with Gasteiger partial charge in [0.15, 0.2) is 0 Å². The Morgan fingerprint density at radius 3 is 2.71 bits per heavy atom. The van der Waals surface area contributed by atoms with Gasteiger partial charge in [-0.05, 0) is 42.5 Å². The number of carbonyl (C=O) groups is 1. The molecule has 9 heteroatoms. The number of rotatable bonds is 7. The van der Waals surface area contributed by atoms with E-state index in [1.807, 2.05) is 47.0 Å². The summed E-state index contributed by atoms with van der Waals surface area (Å²) in [7, 11) is 0. The van der Waals surface area contributed by atoms with Crippen molar-refractivity contribution < 1.29 is 18.0 Å². The zero-order valence-electron chi connectivity index (χ0n) is 18.5. The average Bonchev–Trinajstić information content (AvgIpc) is 3.46. The van der Waals surface area contributed by atoms with Crippen molar-refractivity contribution in [3.8, 4) is 17.5 Å². The minimum Gasteiger partial charge on any atom is -0.421 e. The predicted octanol–water partition coefficient (Wildman–Crippen LogP) is 5.40. The second kappa shape index (κ2) is 9.35. The molecule has 0 aliphatic heterocycles. The number of benzene rings is 3. The van der Waals surface area contributed by atoms with Gasteiger partial charge in [0.05, 0.1) is 17.7 Å². The molecule has 0 aliphatic rings. The summed E-state index contributed by atoms with van der Waals surface area (Å²) in [4.78, 5) is 12.6. The third-order valence-corrected chi connectivity index (χ3v) is 5.73. The maximum atomic E-state index is 13.4. The van der Waals surface area contributed by atoms with Crippen LogP contribution >= 0.6 is 0 Å². The van der Waals surface area contributed by atoms with Gasteiger partial charge in [0.1, 0.15) is 18.6 Å². The highest BCUT2D eigenvalue weighted by molar-refractivity contribution is 6.09. The number of nitriles is 1. The lowest BCUT2D eigenvalue weighted by molar-refractivity contribution is -0.116. The highest BCUT2D eigenvalue weighted by Gasteiger charge is 2.15. The lowest BCUT2D eigenvalue weighted by Crippen LogP contribution is -2.12. The summed E-state index contributed by atoms with van der Waals surface area (Å²) in [5, 5.41) is 21.8. The van der Waals surface area contributed by atoms with E-state index in [4.69, 9.17) is 4.42 Å². The minimum absolute atomic E-state index is 0.0845. The molecule has 0 bridgehead atoms. The summed E-state index contributed by atoms with van der Waals surface area (Å²) in [6.07, 6.45) is 0.289. The predicted molar refractivity (Wildman–Crippen MR) is 127 cm³/mol. The van der Waals surface area contributed by atoms with Crippen molar-refractivity contribution in [2.75, 3.05) is 12.0 Å². The van der Waals surface area contributed by atoms with Crippen LogP contribution in [0.3, 0.4) is 0 Å². The number of nitrogens with one attached hydrogen (secondary N) is 1. The van der Waals surface area contributed by atoms with E-state index in [9.17, 15) is 18.8 Å². The average molecular weight is 471 g/mol. The van der Waals surface area contributed by atoms with Gasteiger partial charge < -0.3 is 14.3 Å². The van der Waals surface area contributed by atoms with Gasteiger partial charge in [-0.2, -0.15) is 5.26 Å². The van der Waals surface area contributed by atoms with E-state index in [0.717, 1.165) is 27.9 Å². The van der Waals surface area contributed by atoms with E-state index in [1.165, 1.54) is 12.1 Å². The Bertz CT molecular complexity index is 1600. The van der Waals surface area contributed by atoms with Gasteiger partial charge in [-0.25, -0.2) is 8.78 Å². The Morgan fingerprint density at radius 2 is 1.89 bits per heavy atom. The summed E-state index contributed by atoms with van der Waals surface area (Å²) in [5.74, 6) is -0.455. The van der Waals surface area contributed by atoms with Crippen LogP contribution in [0.15, 0.2) is 65.1 Å². The Balaban J connectivity index is 1.30. The molecular weight excluding hydrogens is 452 g/mol. The molecule has 2 aromatic heterocycles. The molecule has 3 aromatic carbocycles. The summed E-state index contributed by atoms with van der Waals surface area (Å²) >= 11 is 0. The summed E-state index contributed by atoms with van der Waals surface area (Å²) in [6, 6.07) is 18.9. The molecule has 174 valence electrons. The number of nitrogens with zero attached hydrogens (tertiary/aromatic N) is 4. The molecule has 5 aromatic rings. The van der Waals surface area contributed by atoms with Crippen LogP contribution in [0, 0.1) is 17.1 Å². The maximum absolute atomic E-state index is 13.4. The summed E-state index contributed by atoms with van der Waals surface area (Å²) in [6.45, 7) is -0.210. The Kier molecular flexibility index (Phi) is 5.94. The van der Waals surface area contributed by atoms with E-state index in [-0.39, 0.29) is 42.6 Å². The van der Waals surface area contributed by atoms with E-state index < -0.39 is 12.5 Å². The number of para-hydroxylation sites is 1. The van der Waals surface area contributed by atoms with Crippen LogP contribution in [-0.2, 0) is 17.8 Å². The highest BCUT2D eigenvalue weighted by Crippen LogP contribution is 2.31. The normalized spacial score (nSPS) is 11.1. The van der Waals surface area contributed by atoms with E-state index in [2.05, 4.69) is 15.5 Å². The summed E-state index contributed by atoms with van der Waals surface area (Å²) < 4.78 is 34.0. The molecule has 0 radical (unpaired) electrons. The van der Waals surface area contributed by atoms with Crippen LogP contribution < -0.4 is 5.32 Å². The standard InChI is InChI=1S/C26H19F2N5O2/c27-11-12-33-22-4-2-1-3-20(22)21-14-18(6-8-23(21)33)30-24(34)9-10-25-31-32-26(35-25)19-7-5-17(28)13-16(19)15-29/h1-8,13-14H,9-12H2,(H,30,34). The lowest BCUT2D eigenvalue weighted by Gasteiger charge is -2.06. The number of alkyl halides is 1. The largest absolute Gasteiger partial charge is 0.421 e. The first-order valence-electron chi connectivity index (χ1n) is 11.0. The van der Waals surface area contributed by atoms with Gasteiger partial charge >= 0.3 is 0 Å². The first-order chi connectivity index (χ1) is 17.1. The molecule has 0 fully saturated rings. The molecule has 0 atom stereocenters. The lowest BCUT2D eigenvalue weighted by atomic mass is 10.1. The van der Waals surface area contributed by atoms with Gasteiger partial charge in [-0.1, -0.05) is 18.2 Å². The van der Waals surface area contributed by atoms with Gasteiger partial charge in [0, 0.05) is 40.3 Å². The second-order valence-corrected chi connectivity index (χ2v) is 7.94. The molecule has 5 rings (SSSR count). The number of carbonyl (C=O) groups excluding carboxylic acids is 1.